The summed E-state index contributed by atoms with van der Waals surface area (Å²) in [5.74, 6) is 0.504. The van der Waals surface area contributed by atoms with Crippen LogP contribution in [0.1, 0.15) is 10.4 Å². The molecule has 0 unspecified atom stereocenters. The molecule has 0 amide bonds. The fourth-order valence-electron chi connectivity index (χ4n) is 2.27. The van der Waals surface area contributed by atoms with E-state index >= 15 is 0 Å². The number of rotatable bonds is 5. The number of hydrogen-bond acceptors (Lipinski definition) is 5. The Morgan fingerprint density at radius 3 is 2.75 bits per heavy atom. The van der Waals surface area contributed by atoms with Gasteiger partial charge in [0.25, 0.3) is 0 Å². The van der Waals surface area contributed by atoms with Crippen LogP contribution < -0.4 is 9.47 Å². The van der Waals surface area contributed by atoms with Gasteiger partial charge in [0.05, 0.1) is 28.6 Å². The third kappa shape index (κ3) is 3.27. The molecule has 0 fully saturated rings. The van der Waals surface area contributed by atoms with Crippen LogP contribution in [0.2, 0.25) is 10.0 Å². The van der Waals surface area contributed by atoms with Gasteiger partial charge in [0.15, 0.2) is 6.61 Å². The van der Waals surface area contributed by atoms with Gasteiger partial charge in [-0.05, 0) is 24.3 Å². The second-order valence-electron chi connectivity index (χ2n) is 4.87. The smallest absolute Gasteiger partial charge is 0.225 e. The van der Waals surface area contributed by atoms with Crippen LogP contribution in [0.3, 0.4) is 0 Å². The van der Waals surface area contributed by atoms with Crippen molar-refractivity contribution in [2.75, 3.05) is 13.7 Å². The lowest BCUT2D eigenvalue weighted by Crippen LogP contribution is -2.13. The van der Waals surface area contributed by atoms with Gasteiger partial charge in [0.2, 0.25) is 11.7 Å². The molecule has 0 bridgehead atoms. The highest BCUT2D eigenvalue weighted by atomic mass is 35.5. The number of para-hydroxylation sites is 1. The van der Waals surface area contributed by atoms with Crippen LogP contribution in [-0.2, 0) is 0 Å². The summed E-state index contributed by atoms with van der Waals surface area (Å²) < 4.78 is 10.8. The number of aromatic nitrogens is 2. The quantitative estimate of drug-likeness (QED) is 0.636. The van der Waals surface area contributed by atoms with Gasteiger partial charge in [-0.3, -0.25) is 4.79 Å². The van der Waals surface area contributed by atoms with Gasteiger partial charge in [0, 0.05) is 5.02 Å². The van der Waals surface area contributed by atoms with Crippen LogP contribution in [0.15, 0.2) is 42.7 Å². The average molecular weight is 363 g/mol. The van der Waals surface area contributed by atoms with Crippen LogP contribution in [-0.4, -0.2) is 29.5 Å². The molecule has 24 heavy (non-hydrogen) atoms. The van der Waals surface area contributed by atoms with Crippen LogP contribution in [0.5, 0.6) is 11.6 Å². The number of ether oxygens (including phenoxy) is 2. The topological polar surface area (TPSA) is 61.3 Å². The highest BCUT2D eigenvalue weighted by Gasteiger charge is 2.15. The van der Waals surface area contributed by atoms with Gasteiger partial charge in [0.1, 0.15) is 12.1 Å². The molecule has 0 N–H and O–H groups in total. The van der Waals surface area contributed by atoms with Crippen LogP contribution in [0.25, 0.3) is 10.9 Å². The Morgan fingerprint density at radius 2 is 1.96 bits per heavy atom. The SMILES string of the molecule is COc1ccccc1C(=O)COc1ncnc2c(Cl)cc(Cl)cc12. The standard InChI is InChI=1S/C17H12Cl2N2O3/c1-23-15-5-3-2-4-11(15)14(22)8-24-17-12-6-10(18)7-13(19)16(12)20-9-21-17/h2-7,9H,8H2,1H3. The van der Waals surface area contributed by atoms with E-state index < -0.39 is 0 Å². The summed E-state index contributed by atoms with van der Waals surface area (Å²) in [6, 6.07) is 10.2. The molecule has 122 valence electrons. The van der Waals surface area contributed by atoms with Crippen molar-refractivity contribution in [1.82, 2.24) is 9.97 Å². The fraction of sp³-hybridized carbons (Fsp3) is 0.118. The minimum atomic E-state index is -0.229. The van der Waals surface area contributed by atoms with Gasteiger partial charge in [-0.1, -0.05) is 35.3 Å². The van der Waals surface area contributed by atoms with E-state index in [9.17, 15) is 4.79 Å². The summed E-state index contributed by atoms with van der Waals surface area (Å²) in [5.41, 5.74) is 0.949. The second kappa shape index (κ2) is 7.03. The maximum absolute atomic E-state index is 12.4. The summed E-state index contributed by atoms with van der Waals surface area (Å²) in [6.07, 6.45) is 1.32. The average Bonchev–Trinajstić information content (AvgIpc) is 2.59. The minimum absolute atomic E-state index is 0.198. The molecule has 0 saturated carbocycles. The van der Waals surface area contributed by atoms with E-state index in [0.717, 1.165) is 0 Å². The molecule has 5 nitrogen and oxygen atoms in total. The normalized spacial score (nSPS) is 10.6. The van der Waals surface area contributed by atoms with Crippen molar-refractivity contribution in [1.29, 1.82) is 0 Å². The van der Waals surface area contributed by atoms with Crippen molar-refractivity contribution >= 4 is 39.9 Å². The third-order valence-corrected chi connectivity index (χ3v) is 3.87. The Balaban J connectivity index is 1.87. The van der Waals surface area contributed by atoms with Crippen molar-refractivity contribution in [3.05, 3.63) is 58.3 Å². The number of hydrogen-bond donors (Lipinski definition) is 0. The molecule has 0 aliphatic rings. The Labute approximate surface area is 148 Å². The predicted molar refractivity (Wildman–Crippen MR) is 92.4 cm³/mol. The summed E-state index contributed by atoms with van der Waals surface area (Å²) in [4.78, 5) is 20.5. The summed E-state index contributed by atoms with van der Waals surface area (Å²) >= 11 is 12.1. The largest absolute Gasteiger partial charge is 0.496 e. The highest BCUT2D eigenvalue weighted by Crippen LogP contribution is 2.31. The van der Waals surface area contributed by atoms with Crippen LogP contribution in [0.4, 0.5) is 0 Å². The maximum Gasteiger partial charge on any atom is 0.225 e. The Hall–Kier alpha value is -2.37. The Morgan fingerprint density at radius 1 is 1.17 bits per heavy atom. The number of methoxy groups -OCH3 is 1. The first-order valence-electron chi connectivity index (χ1n) is 6.99. The Kier molecular flexibility index (Phi) is 4.83. The first-order chi connectivity index (χ1) is 11.6. The van der Waals surface area contributed by atoms with E-state index in [1.165, 1.54) is 13.4 Å². The lowest BCUT2D eigenvalue weighted by Gasteiger charge is -2.10. The maximum atomic E-state index is 12.4. The fourth-order valence-corrected chi connectivity index (χ4v) is 2.81. The molecule has 3 aromatic rings. The van der Waals surface area contributed by atoms with Crippen LogP contribution in [0, 0.1) is 0 Å². The van der Waals surface area contributed by atoms with E-state index in [2.05, 4.69) is 9.97 Å². The lowest BCUT2D eigenvalue weighted by molar-refractivity contribution is 0.0916. The number of carbonyl (C=O) groups is 1. The predicted octanol–water partition coefficient (Wildman–Crippen LogP) is 4.21. The number of ketones is 1. The number of Topliss-reactive ketones (excluding diaryl/α,β-unsaturated/α-hetero) is 1. The first-order valence-corrected chi connectivity index (χ1v) is 7.74. The van der Waals surface area contributed by atoms with Crippen molar-refractivity contribution in [2.24, 2.45) is 0 Å². The molecule has 1 heterocycles. The molecule has 0 radical (unpaired) electrons. The van der Waals surface area contributed by atoms with Gasteiger partial charge in [-0.2, -0.15) is 0 Å². The number of nitrogens with zero attached hydrogens (tertiary/aromatic N) is 2. The molecule has 2 aromatic carbocycles. The van der Waals surface area contributed by atoms with E-state index in [0.29, 0.717) is 32.3 Å². The van der Waals surface area contributed by atoms with E-state index in [1.807, 2.05) is 0 Å². The molecular weight excluding hydrogens is 351 g/mol. The molecule has 0 spiro atoms. The van der Waals surface area contributed by atoms with Crippen molar-refractivity contribution < 1.29 is 14.3 Å². The second-order valence-corrected chi connectivity index (χ2v) is 5.72. The molecule has 1 aromatic heterocycles. The number of fused-ring (bicyclic) bond motifs is 1. The molecule has 0 aliphatic carbocycles. The monoisotopic (exact) mass is 362 g/mol. The number of halogens is 2. The summed E-state index contributed by atoms with van der Waals surface area (Å²) in [6.45, 7) is -0.198. The molecule has 0 aliphatic heterocycles. The zero-order valence-corrected chi connectivity index (χ0v) is 14.1. The summed E-state index contributed by atoms with van der Waals surface area (Å²) in [7, 11) is 1.51. The Bertz CT molecular complexity index is 915. The van der Waals surface area contributed by atoms with E-state index in [4.69, 9.17) is 32.7 Å². The third-order valence-electron chi connectivity index (χ3n) is 3.37. The number of carbonyl (C=O) groups excluding carboxylic acids is 1. The zero-order chi connectivity index (χ0) is 17.1. The van der Waals surface area contributed by atoms with Gasteiger partial charge in [-0.25, -0.2) is 9.97 Å². The van der Waals surface area contributed by atoms with Crippen LogP contribution >= 0.6 is 23.2 Å². The van der Waals surface area contributed by atoms with E-state index in [-0.39, 0.29) is 18.3 Å². The lowest BCUT2D eigenvalue weighted by atomic mass is 10.1. The van der Waals surface area contributed by atoms with Gasteiger partial charge < -0.3 is 9.47 Å². The molecule has 7 heteroatoms. The first kappa shape index (κ1) is 16.5. The molecular formula is C17H12Cl2N2O3. The molecule has 0 saturated heterocycles. The van der Waals surface area contributed by atoms with Crippen molar-refractivity contribution in [2.45, 2.75) is 0 Å². The zero-order valence-electron chi connectivity index (χ0n) is 12.6. The van der Waals surface area contributed by atoms with Crippen molar-refractivity contribution in [3.63, 3.8) is 0 Å². The molecule has 0 atom stereocenters. The minimum Gasteiger partial charge on any atom is -0.496 e. The number of benzene rings is 2. The van der Waals surface area contributed by atoms with Gasteiger partial charge in [-0.15, -0.1) is 0 Å². The van der Waals surface area contributed by atoms with E-state index in [1.54, 1.807) is 36.4 Å². The highest BCUT2D eigenvalue weighted by molar-refractivity contribution is 6.38. The van der Waals surface area contributed by atoms with Gasteiger partial charge >= 0.3 is 0 Å². The summed E-state index contributed by atoms with van der Waals surface area (Å²) in [5, 5.41) is 1.37. The van der Waals surface area contributed by atoms with Crippen molar-refractivity contribution in [3.8, 4) is 11.6 Å². The molecule has 3 rings (SSSR count).